The number of fused-ring (bicyclic) bond motifs is 1. The minimum absolute atomic E-state index is 0.122. The second-order valence-electron chi connectivity index (χ2n) is 3.39. The third-order valence-corrected chi connectivity index (χ3v) is 2.45. The molecule has 0 N–H and O–H groups in total. The highest BCUT2D eigenvalue weighted by atomic mass is 16.6. The van der Waals surface area contributed by atoms with Gasteiger partial charge >= 0.3 is 5.97 Å². The number of ketones is 1. The summed E-state index contributed by atoms with van der Waals surface area (Å²) in [5.74, 6) is -0.520. The van der Waals surface area contributed by atoms with Crippen molar-refractivity contribution in [2.75, 3.05) is 6.61 Å². The molecule has 0 bridgehead atoms. The maximum Gasteiger partial charge on any atom is 0.356 e. The fourth-order valence-electron chi connectivity index (χ4n) is 1.80. The molecule has 1 aliphatic heterocycles. The number of oxime groups is 1. The van der Waals surface area contributed by atoms with Crippen molar-refractivity contribution in [3.63, 3.8) is 0 Å². The average molecular weight is 197 g/mol. The molecular weight excluding hydrogens is 186 g/mol. The van der Waals surface area contributed by atoms with Crippen LogP contribution >= 0.6 is 0 Å². The van der Waals surface area contributed by atoms with Gasteiger partial charge in [0.15, 0.2) is 5.71 Å². The molecule has 1 aliphatic carbocycles. The Labute approximate surface area is 81.0 Å². The predicted octanol–water partition coefficient (Wildman–Crippen LogP) is 0.283. The van der Waals surface area contributed by atoms with Crippen LogP contribution in [0.3, 0.4) is 0 Å². The second kappa shape index (κ2) is 3.40. The van der Waals surface area contributed by atoms with E-state index in [1.165, 1.54) is 0 Å². The number of carbonyl (C=O) groups is 2. The van der Waals surface area contributed by atoms with E-state index in [1.54, 1.807) is 6.92 Å². The summed E-state index contributed by atoms with van der Waals surface area (Å²) in [6.07, 6.45) is 0.473. The Kier molecular flexibility index (Phi) is 2.23. The van der Waals surface area contributed by atoms with Crippen molar-refractivity contribution in [1.29, 1.82) is 0 Å². The Hall–Kier alpha value is -1.39. The van der Waals surface area contributed by atoms with E-state index in [0.717, 1.165) is 0 Å². The van der Waals surface area contributed by atoms with Gasteiger partial charge in [0.2, 0.25) is 0 Å². The summed E-state index contributed by atoms with van der Waals surface area (Å²) in [6.45, 7) is 2.04. The molecule has 1 fully saturated rings. The lowest BCUT2D eigenvalue weighted by Gasteiger charge is -2.06. The molecule has 76 valence electrons. The topological polar surface area (TPSA) is 65.0 Å². The Morgan fingerprint density at radius 3 is 3.14 bits per heavy atom. The maximum atomic E-state index is 11.4. The molecule has 0 amide bonds. The SMILES string of the molecule is CCOC(=O)C1=NO[C@H]2CC(=O)C[C@@H]12. The van der Waals surface area contributed by atoms with Crippen molar-refractivity contribution in [3.05, 3.63) is 0 Å². The third-order valence-electron chi connectivity index (χ3n) is 2.45. The number of hydrogen-bond acceptors (Lipinski definition) is 5. The standard InChI is InChI=1S/C9H11NO4/c1-2-13-9(12)8-6-3-5(11)4-7(6)14-10-8/h6-7H,2-4H2,1H3/t6-,7+/m1/s1. The number of carbonyl (C=O) groups excluding carboxylic acids is 2. The van der Waals surface area contributed by atoms with Crippen molar-refractivity contribution in [2.24, 2.45) is 11.1 Å². The van der Waals surface area contributed by atoms with Gasteiger partial charge in [0, 0.05) is 12.8 Å². The van der Waals surface area contributed by atoms with Crippen LogP contribution in [0, 0.1) is 5.92 Å². The first-order chi connectivity index (χ1) is 6.72. The van der Waals surface area contributed by atoms with E-state index in [1.807, 2.05) is 0 Å². The molecule has 2 aliphatic rings. The molecule has 1 heterocycles. The fourth-order valence-corrected chi connectivity index (χ4v) is 1.80. The van der Waals surface area contributed by atoms with Crippen LogP contribution in [-0.2, 0) is 19.2 Å². The van der Waals surface area contributed by atoms with Crippen molar-refractivity contribution < 1.29 is 19.2 Å². The molecule has 0 spiro atoms. The van der Waals surface area contributed by atoms with Crippen molar-refractivity contribution in [2.45, 2.75) is 25.9 Å². The van der Waals surface area contributed by atoms with Gasteiger partial charge in [-0.3, -0.25) is 4.79 Å². The number of Topliss-reactive ketones (excluding diaryl/α,β-unsaturated/α-hetero) is 1. The Bertz CT molecular complexity index is 310. The zero-order valence-electron chi connectivity index (χ0n) is 7.86. The van der Waals surface area contributed by atoms with Crippen LogP contribution in [0.2, 0.25) is 0 Å². The van der Waals surface area contributed by atoms with Gasteiger partial charge in [-0.1, -0.05) is 5.16 Å². The van der Waals surface area contributed by atoms with Gasteiger partial charge in [-0.2, -0.15) is 0 Å². The molecule has 0 aromatic rings. The average Bonchev–Trinajstić information content (AvgIpc) is 2.62. The Balaban J connectivity index is 2.07. The maximum absolute atomic E-state index is 11.4. The molecule has 0 aromatic carbocycles. The Morgan fingerprint density at radius 2 is 2.43 bits per heavy atom. The summed E-state index contributed by atoms with van der Waals surface area (Å²) in [5.41, 5.74) is 0.266. The van der Waals surface area contributed by atoms with Gasteiger partial charge in [0.25, 0.3) is 0 Å². The predicted molar refractivity (Wildman–Crippen MR) is 46.7 cm³/mol. The van der Waals surface area contributed by atoms with Crippen LogP contribution in [-0.4, -0.2) is 30.2 Å². The van der Waals surface area contributed by atoms with Gasteiger partial charge < -0.3 is 9.57 Å². The first-order valence-corrected chi connectivity index (χ1v) is 4.65. The molecule has 0 saturated heterocycles. The zero-order chi connectivity index (χ0) is 10.1. The van der Waals surface area contributed by atoms with Crippen molar-refractivity contribution in [3.8, 4) is 0 Å². The molecule has 0 unspecified atom stereocenters. The summed E-state index contributed by atoms with van der Waals surface area (Å²) < 4.78 is 4.81. The highest BCUT2D eigenvalue weighted by Gasteiger charge is 2.45. The molecule has 0 aromatic heterocycles. The number of esters is 1. The fraction of sp³-hybridized carbons (Fsp3) is 0.667. The number of rotatable bonds is 2. The summed E-state index contributed by atoms with van der Waals surface area (Å²) in [6, 6.07) is 0. The van der Waals surface area contributed by atoms with Crippen LogP contribution in [0.4, 0.5) is 0 Å². The van der Waals surface area contributed by atoms with Gasteiger partial charge in [0.1, 0.15) is 11.9 Å². The summed E-state index contributed by atoms with van der Waals surface area (Å²) in [4.78, 5) is 27.4. The van der Waals surface area contributed by atoms with Crippen LogP contribution in [0.1, 0.15) is 19.8 Å². The van der Waals surface area contributed by atoms with E-state index in [-0.39, 0.29) is 23.5 Å². The first-order valence-electron chi connectivity index (χ1n) is 4.65. The highest BCUT2D eigenvalue weighted by molar-refractivity contribution is 6.38. The second-order valence-corrected chi connectivity index (χ2v) is 3.39. The van der Waals surface area contributed by atoms with E-state index in [4.69, 9.17) is 9.57 Å². The Morgan fingerprint density at radius 1 is 1.64 bits per heavy atom. The van der Waals surface area contributed by atoms with Crippen molar-refractivity contribution >= 4 is 17.5 Å². The lowest BCUT2D eigenvalue weighted by Crippen LogP contribution is -2.26. The summed E-state index contributed by atoms with van der Waals surface area (Å²) in [5, 5.41) is 3.66. The quantitative estimate of drug-likeness (QED) is 0.596. The number of nitrogens with zero attached hydrogens (tertiary/aromatic N) is 1. The van der Waals surface area contributed by atoms with E-state index in [9.17, 15) is 9.59 Å². The molecule has 1 saturated carbocycles. The molecule has 14 heavy (non-hydrogen) atoms. The van der Waals surface area contributed by atoms with Gasteiger partial charge in [-0.05, 0) is 6.92 Å². The van der Waals surface area contributed by atoms with Gasteiger partial charge in [0.05, 0.1) is 12.5 Å². The summed E-state index contributed by atoms with van der Waals surface area (Å²) in [7, 11) is 0. The molecular formula is C9H11NO4. The molecule has 2 atom stereocenters. The third kappa shape index (κ3) is 1.38. The normalized spacial score (nSPS) is 29.5. The van der Waals surface area contributed by atoms with Crippen LogP contribution in [0.5, 0.6) is 0 Å². The lowest BCUT2D eigenvalue weighted by atomic mass is 10.0. The number of ether oxygens (including phenoxy) is 1. The minimum atomic E-state index is -0.463. The smallest absolute Gasteiger partial charge is 0.356 e. The monoisotopic (exact) mass is 197 g/mol. The highest BCUT2D eigenvalue weighted by Crippen LogP contribution is 2.32. The van der Waals surface area contributed by atoms with Gasteiger partial charge in [-0.25, -0.2) is 4.79 Å². The largest absolute Gasteiger partial charge is 0.461 e. The van der Waals surface area contributed by atoms with Crippen molar-refractivity contribution in [1.82, 2.24) is 0 Å². The van der Waals surface area contributed by atoms with E-state index >= 15 is 0 Å². The van der Waals surface area contributed by atoms with E-state index in [2.05, 4.69) is 5.16 Å². The van der Waals surface area contributed by atoms with Crippen LogP contribution in [0.25, 0.3) is 0 Å². The molecule has 5 nitrogen and oxygen atoms in total. The first kappa shape index (κ1) is 9.18. The minimum Gasteiger partial charge on any atom is -0.461 e. The van der Waals surface area contributed by atoms with E-state index < -0.39 is 5.97 Å². The molecule has 5 heteroatoms. The zero-order valence-corrected chi connectivity index (χ0v) is 7.86. The van der Waals surface area contributed by atoms with E-state index in [0.29, 0.717) is 19.4 Å². The van der Waals surface area contributed by atoms with Crippen LogP contribution in [0.15, 0.2) is 5.16 Å². The molecule has 2 rings (SSSR count). The lowest BCUT2D eigenvalue weighted by molar-refractivity contribution is -0.135. The molecule has 0 radical (unpaired) electrons. The van der Waals surface area contributed by atoms with Gasteiger partial charge in [-0.15, -0.1) is 0 Å². The van der Waals surface area contributed by atoms with Crippen LogP contribution < -0.4 is 0 Å². The summed E-state index contributed by atoms with van der Waals surface area (Å²) >= 11 is 0. The number of hydrogen-bond donors (Lipinski definition) is 0.